The molecule has 3 heteroatoms. The number of furan rings is 1. The first-order chi connectivity index (χ1) is 8.72. The minimum Gasteiger partial charge on any atom is -0.459 e. The van der Waals surface area contributed by atoms with Gasteiger partial charge in [-0.25, -0.2) is 0 Å². The summed E-state index contributed by atoms with van der Waals surface area (Å²) in [6.07, 6.45) is 1.22. The van der Waals surface area contributed by atoms with Crippen LogP contribution < -0.4 is 5.32 Å². The van der Waals surface area contributed by atoms with Gasteiger partial charge in [0.15, 0.2) is 0 Å². The highest BCUT2D eigenvalue weighted by atomic mass is 16.3. The van der Waals surface area contributed by atoms with Gasteiger partial charge in [-0.3, -0.25) is 0 Å². The molecule has 1 aromatic carbocycles. The van der Waals surface area contributed by atoms with Crippen LogP contribution in [0.15, 0.2) is 34.7 Å². The highest BCUT2D eigenvalue weighted by Gasteiger charge is 2.22. The van der Waals surface area contributed by atoms with Gasteiger partial charge in [-0.1, -0.05) is 18.2 Å². The number of likely N-dealkylation sites (N-methyl/N-ethyl adjacent to an activating group) is 1. The van der Waals surface area contributed by atoms with Gasteiger partial charge in [-0.2, -0.15) is 0 Å². The molecule has 1 saturated heterocycles. The molecule has 0 amide bonds. The molecule has 1 aliphatic heterocycles. The lowest BCUT2D eigenvalue weighted by Gasteiger charge is -2.17. The summed E-state index contributed by atoms with van der Waals surface area (Å²) < 4.78 is 5.89. The van der Waals surface area contributed by atoms with E-state index in [4.69, 9.17) is 4.42 Å². The Kier molecular flexibility index (Phi) is 3.10. The number of hydrogen-bond acceptors (Lipinski definition) is 3. The van der Waals surface area contributed by atoms with Gasteiger partial charge in [0, 0.05) is 18.0 Å². The normalized spacial score (nSPS) is 22.7. The van der Waals surface area contributed by atoms with Gasteiger partial charge in [0.1, 0.15) is 11.3 Å². The van der Waals surface area contributed by atoms with Crippen molar-refractivity contribution in [3.05, 3.63) is 36.1 Å². The van der Waals surface area contributed by atoms with Crippen molar-refractivity contribution in [2.45, 2.75) is 25.4 Å². The number of likely N-dealkylation sites (tertiary alicyclic amines) is 1. The van der Waals surface area contributed by atoms with Gasteiger partial charge in [-0.05, 0) is 39.1 Å². The van der Waals surface area contributed by atoms with Crippen LogP contribution in [-0.2, 0) is 0 Å². The molecule has 0 radical (unpaired) electrons. The lowest BCUT2D eigenvalue weighted by atomic mass is 10.2. The van der Waals surface area contributed by atoms with Crippen molar-refractivity contribution in [1.82, 2.24) is 10.2 Å². The van der Waals surface area contributed by atoms with E-state index >= 15 is 0 Å². The highest BCUT2D eigenvalue weighted by molar-refractivity contribution is 5.77. The summed E-state index contributed by atoms with van der Waals surface area (Å²) in [5, 5.41) is 4.84. The van der Waals surface area contributed by atoms with Crippen molar-refractivity contribution in [1.29, 1.82) is 0 Å². The molecule has 0 saturated carbocycles. The third-order valence-electron chi connectivity index (χ3n) is 3.75. The fraction of sp³-hybridized carbons (Fsp3) is 0.467. The summed E-state index contributed by atoms with van der Waals surface area (Å²) in [5.74, 6) is 1.03. The molecule has 1 aliphatic rings. The van der Waals surface area contributed by atoms with E-state index in [2.05, 4.69) is 36.3 Å². The quantitative estimate of drug-likeness (QED) is 0.900. The Hall–Kier alpha value is -1.32. The van der Waals surface area contributed by atoms with Crippen LogP contribution in [0.3, 0.4) is 0 Å². The second-order valence-electron chi connectivity index (χ2n) is 5.32. The van der Waals surface area contributed by atoms with Crippen LogP contribution in [0.2, 0.25) is 0 Å². The maximum atomic E-state index is 5.89. The van der Waals surface area contributed by atoms with Gasteiger partial charge >= 0.3 is 0 Å². The largest absolute Gasteiger partial charge is 0.459 e. The van der Waals surface area contributed by atoms with E-state index in [9.17, 15) is 0 Å². The van der Waals surface area contributed by atoms with E-state index in [1.165, 1.54) is 18.4 Å². The number of hydrogen-bond donors (Lipinski definition) is 1. The first kappa shape index (κ1) is 11.8. The van der Waals surface area contributed by atoms with E-state index < -0.39 is 0 Å². The topological polar surface area (TPSA) is 28.4 Å². The maximum absolute atomic E-state index is 5.89. The van der Waals surface area contributed by atoms with Crippen LogP contribution in [0.4, 0.5) is 0 Å². The van der Waals surface area contributed by atoms with Crippen molar-refractivity contribution in [2.24, 2.45) is 0 Å². The van der Waals surface area contributed by atoms with Crippen molar-refractivity contribution in [3.8, 4) is 0 Å². The van der Waals surface area contributed by atoms with Crippen LogP contribution >= 0.6 is 0 Å². The van der Waals surface area contributed by atoms with Crippen molar-refractivity contribution < 1.29 is 4.42 Å². The molecule has 2 heterocycles. The first-order valence-corrected chi connectivity index (χ1v) is 6.65. The molecule has 2 unspecified atom stereocenters. The summed E-state index contributed by atoms with van der Waals surface area (Å²) in [7, 11) is 2.17. The third kappa shape index (κ3) is 2.28. The van der Waals surface area contributed by atoms with Crippen LogP contribution in [0, 0.1) is 0 Å². The average molecular weight is 244 g/mol. The van der Waals surface area contributed by atoms with E-state index in [0.717, 1.165) is 17.9 Å². The zero-order chi connectivity index (χ0) is 12.5. The summed E-state index contributed by atoms with van der Waals surface area (Å²) in [4.78, 5) is 2.36. The molecule has 2 atom stereocenters. The van der Waals surface area contributed by atoms with Crippen LogP contribution in [-0.4, -0.2) is 31.1 Å². The molecule has 3 nitrogen and oxygen atoms in total. The summed E-state index contributed by atoms with van der Waals surface area (Å²) >= 11 is 0. The number of nitrogens with zero attached hydrogens (tertiary/aromatic N) is 1. The average Bonchev–Trinajstić information content (AvgIpc) is 2.95. The second kappa shape index (κ2) is 4.75. The predicted octanol–water partition coefficient (Wildman–Crippen LogP) is 2.79. The molecule has 2 aromatic rings. The zero-order valence-electron chi connectivity index (χ0n) is 11.0. The molecule has 1 aromatic heterocycles. The van der Waals surface area contributed by atoms with Crippen molar-refractivity contribution >= 4 is 11.0 Å². The minimum atomic E-state index is 0.272. The highest BCUT2D eigenvalue weighted by Crippen LogP contribution is 2.24. The number of para-hydroxylation sites is 1. The van der Waals surface area contributed by atoms with Gasteiger partial charge < -0.3 is 14.6 Å². The smallest absolute Gasteiger partial charge is 0.134 e. The van der Waals surface area contributed by atoms with E-state index in [1.54, 1.807) is 0 Å². The zero-order valence-corrected chi connectivity index (χ0v) is 11.0. The maximum Gasteiger partial charge on any atom is 0.134 e. The molecule has 0 spiro atoms. The Bertz CT molecular complexity index is 501. The van der Waals surface area contributed by atoms with Crippen molar-refractivity contribution in [3.63, 3.8) is 0 Å². The molecule has 1 fully saturated rings. The number of rotatable bonds is 3. The number of fused-ring (bicyclic) bond motifs is 1. The molecule has 96 valence electrons. The molecular formula is C15H20N2O. The lowest BCUT2D eigenvalue weighted by Crippen LogP contribution is -2.33. The molecule has 1 N–H and O–H groups in total. The van der Waals surface area contributed by atoms with Crippen LogP contribution in [0.25, 0.3) is 11.0 Å². The van der Waals surface area contributed by atoms with E-state index in [0.29, 0.717) is 6.04 Å². The molecule has 0 aliphatic carbocycles. The summed E-state index contributed by atoms with van der Waals surface area (Å²) in [6.45, 7) is 4.49. The van der Waals surface area contributed by atoms with Crippen LogP contribution in [0.1, 0.15) is 25.1 Å². The van der Waals surface area contributed by atoms with Gasteiger partial charge in [-0.15, -0.1) is 0 Å². The Balaban J connectivity index is 1.73. The number of nitrogens with one attached hydrogen (secondary N) is 1. The van der Waals surface area contributed by atoms with Gasteiger partial charge in [0.05, 0.1) is 6.04 Å². The lowest BCUT2D eigenvalue weighted by molar-refractivity contribution is 0.370. The Morgan fingerprint density at radius 3 is 2.94 bits per heavy atom. The standard InChI is InChI=1S/C15H20N2O/c1-11(16-13-7-8-17(2)10-13)15-9-12-5-3-4-6-14(12)18-15/h3-6,9,11,13,16H,7-8,10H2,1-2H3. The Morgan fingerprint density at radius 1 is 1.39 bits per heavy atom. The third-order valence-corrected chi connectivity index (χ3v) is 3.75. The molecular weight excluding hydrogens is 224 g/mol. The van der Waals surface area contributed by atoms with Crippen molar-refractivity contribution in [2.75, 3.05) is 20.1 Å². The Labute approximate surface area is 108 Å². The first-order valence-electron chi connectivity index (χ1n) is 6.65. The number of benzene rings is 1. The van der Waals surface area contributed by atoms with E-state index in [1.807, 2.05) is 18.2 Å². The monoisotopic (exact) mass is 244 g/mol. The summed E-state index contributed by atoms with van der Waals surface area (Å²) in [5.41, 5.74) is 0.977. The SMILES string of the molecule is CC(NC1CCN(C)C1)c1cc2ccccc2o1. The van der Waals surface area contributed by atoms with E-state index in [-0.39, 0.29) is 6.04 Å². The fourth-order valence-corrected chi connectivity index (χ4v) is 2.72. The van der Waals surface area contributed by atoms with Crippen LogP contribution in [0.5, 0.6) is 0 Å². The Morgan fingerprint density at radius 2 is 2.22 bits per heavy atom. The van der Waals surface area contributed by atoms with Gasteiger partial charge in [0.25, 0.3) is 0 Å². The molecule has 18 heavy (non-hydrogen) atoms. The molecule has 3 rings (SSSR count). The second-order valence-corrected chi connectivity index (χ2v) is 5.32. The minimum absolute atomic E-state index is 0.272. The fourth-order valence-electron chi connectivity index (χ4n) is 2.72. The molecule has 0 bridgehead atoms. The summed E-state index contributed by atoms with van der Waals surface area (Å²) in [6, 6.07) is 11.2. The van der Waals surface area contributed by atoms with Gasteiger partial charge in [0.2, 0.25) is 0 Å². The predicted molar refractivity (Wildman–Crippen MR) is 73.7 cm³/mol.